The van der Waals surface area contributed by atoms with E-state index >= 15 is 0 Å². The van der Waals surface area contributed by atoms with Gasteiger partial charge in [0.2, 0.25) is 5.91 Å². The highest BCUT2D eigenvalue weighted by Crippen LogP contribution is 2.29. The highest BCUT2D eigenvalue weighted by molar-refractivity contribution is 6.30. The molecule has 0 aliphatic heterocycles. The van der Waals surface area contributed by atoms with Crippen LogP contribution in [0.15, 0.2) is 54.6 Å². The van der Waals surface area contributed by atoms with Gasteiger partial charge in [0.25, 0.3) is 0 Å². The summed E-state index contributed by atoms with van der Waals surface area (Å²) in [7, 11) is 0. The molecule has 8 heteroatoms. The standard InChI is InChI=1S/C26H25ClN2O5/c1-16-3-4-18(10-25(16)34-23-9-19(13-28)8-20(27)12-23)11-26(32)29-24-6-5-22(7-17(24)2)33-15-21(31)14-30/h3-10,12,21,30-31H,11,14-15H2,1-2H3,(H,29,32)/t21-/m1/s1. The lowest BCUT2D eigenvalue weighted by Crippen LogP contribution is -2.21. The highest BCUT2D eigenvalue weighted by Gasteiger charge is 2.11. The summed E-state index contributed by atoms with van der Waals surface area (Å²) in [6.45, 7) is 3.33. The number of aryl methyl sites for hydroxylation is 2. The van der Waals surface area contributed by atoms with Gasteiger partial charge in [0.05, 0.1) is 24.7 Å². The van der Waals surface area contributed by atoms with Gasteiger partial charge < -0.3 is 25.0 Å². The van der Waals surface area contributed by atoms with Crippen LogP contribution in [0.2, 0.25) is 5.02 Å². The molecule has 3 N–H and O–H groups in total. The van der Waals surface area contributed by atoms with Crippen molar-refractivity contribution in [3.05, 3.63) is 81.9 Å². The average molecular weight is 481 g/mol. The Bertz CT molecular complexity index is 1220. The fourth-order valence-corrected chi connectivity index (χ4v) is 3.39. The van der Waals surface area contributed by atoms with Gasteiger partial charge in [-0.05, 0) is 73.0 Å². The monoisotopic (exact) mass is 480 g/mol. The number of carbonyl (C=O) groups excluding carboxylic acids is 1. The Morgan fingerprint density at radius 2 is 1.88 bits per heavy atom. The van der Waals surface area contributed by atoms with Crippen LogP contribution in [0, 0.1) is 25.2 Å². The van der Waals surface area contributed by atoms with E-state index in [0.717, 1.165) is 16.7 Å². The number of aliphatic hydroxyl groups is 2. The van der Waals surface area contributed by atoms with Crippen molar-refractivity contribution < 1.29 is 24.5 Å². The zero-order chi connectivity index (χ0) is 24.7. The van der Waals surface area contributed by atoms with E-state index in [-0.39, 0.29) is 25.5 Å². The van der Waals surface area contributed by atoms with Crippen LogP contribution in [0.1, 0.15) is 22.3 Å². The molecule has 0 aromatic heterocycles. The van der Waals surface area contributed by atoms with Crippen molar-refractivity contribution in [2.24, 2.45) is 0 Å². The summed E-state index contributed by atoms with van der Waals surface area (Å²) in [5, 5.41) is 30.7. The molecule has 0 fully saturated rings. The molecular weight excluding hydrogens is 456 g/mol. The van der Waals surface area contributed by atoms with E-state index in [1.165, 1.54) is 0 Å². The Hall–Kier alpha value is -3.57. The molecule has 0 heterocycles. The summed E-state index contributed by atoms with van der Waals surface area (Å²) in [5.74, 6) is 1.35. The molecule has 1 amide bonds. The zero-order valence-corrected chi connectivity index (χ0v) is 19.6. The fraction of sp³-hybridized carbons (Fsp3) is 0.231. The van der Waals surface area contributed by atoms with Gasteiger partial charge in [0.15, 0.2) is 0 Å². The lowest BCUT2D eigenvalue weighted by atomic mass is 10.1. The molecule has 0 saturated carbocycles. The van der Waals surface area contributed by atoms with Crippen molar-refractivity contribution in [3.63, 3.8) is 0 Å². The van der Waals surface area contributed by atoms with Crippen molar-refractivity contribution in [3.8, 4) is 23.3 Å². The van der Waals surface area contributed by atoms with Gasteiger partial charge >= 0.3 is 0 Å². The van der Waals surface area contributed by atoms with E-state index in [1.54, 1.807) is 42.5 Å². The van der Waals surface area contributed by atoms with Crippen LogP contribution in [-0.2, 0) is 11.2 Å². The average Bonchev–Trinajstić information content (AvgIpc) is 2.80. The van der Waals surface area contributed by atoms with Crippen LogP contribution in [0.25, 0.3) is 0 Å². The van der Waals surface area contributed by atoms with Gasteiger partial charge in [-0.15, -0.1) is 0 Å². The minimum atomic E-state index is -0.949. The summed E-state index contributed by atoms with van der Waals surface area (Å²) >= 11 is 6.06. The zero-order valence-electron chi connectivity index (χ0n) is 18.8. The second-order valence-electron chi connectivity index (χ2n) is 7.84. The Balaban J connectivity index is 1.66. The van der Waals surface area contributed by atoms with Crippen molar-refractivity contribution >= 4 is 23.2 Å². The van der Waals surface area contributed by atoms with Gasteiger partial charge in [0, 0.05) is 10.7 Å². The van der Waals surface area contributed by atoms with Crippen LogP contribution < -0.4 is 14.8 Å². The Kier molecular flexibility index (Phi) is 8.50. The van der Waals surface area contributed by atoms with E-state index in [9.17, 15) is 9.90 Å². The smallest absolute Gasteiger partial charge is 0.228 e. The minimum absolute atomic E-state index is 0.0213. The first-order chi connectivity index (χ1) is 16.3. The van der Waals surface area contributed by atoms with Gasteiger partial charge in [-0.25, -0.2) is 0 Å². The van der Waals surface area contributed by atoms with Crippen LogP contribution in [0.5, 0.6) is 17.2 Å². The largest absolute Gasteiger partial charge is 0.491 e. The number of nitrogens with one attached hydrogen (secondary N) is 1. The maximum Gasteiger partial charge on any atom is 0.228 e. The van der Waals surface area contributed by atoms with Gasteiger partial charge in [-0.3, -0.25) is 4.79 Å². The number of halogens is 1. The molecule has 7 nitrogen and oxygen atoms in total. The molecule has 3 rings (SSSR count). The number of anilines is 1. The molecule has 0 spiro atoms. The number of hydrogen-bond acceptors (Lipinski definition) is 6. The van der Waals surface area contributed by atoms with Crippen molar-refractivity contribution in [1.29, 1.82) is 5.26 Å². The maximum absolute atomic E-state index is 12.7. The lowest BCUT2D eigenvalue weighted by molar-refractivity contribution is -0.115. The van der Waals surface area contributed by atoms with Crippen LogP contribution >= 0.6 is 11.6 Å². The summed E-state index contributed by atoms with van der Waals surface area (Å²) in [6.07, 6.45) is -0.814. The third-order valence-corrected chi connectivity index (χ3v) is 5.19. The molecule has 0 aliphatic rings. The summed E-state index contributed by atoms with van der Waals surface area (Å²) in [5.41, 5.74) is 3.47. The van der Waals surface area contributed by atoms with Gasteiger partial charge in [-0.2, -0.15) is 5.26 Å². The number of amides is 1. The molecule has 3 aromatic rings. The molecule has 0 aliphatic carbocycles. The number of rotatable bonds is 9. The predicted octanol–water partition coefficient (Wildman–Crippen LogP) is 4.53. The Morgan fingerprint density at radius 3 is 2.59 bits per heavy atom. The van der Waals surface area contributed by atoms with E-state index in [0.29, 0.717) is 33.5 Å². The number of nitrogens with zero attached hydrogens (tertiary/aromatic N) is 1. The molecule has 0 bridgehead atoms. The first kappa shape index (κ1) is 25.1. The molecule has 176 valence electrons. The third kappa shape index (κ3) is 6.96. The predicted molar refractivity (Wildman–Crippen MR) is 130 cm³/mol. The number of hydrogen-bond donors (Lipinski definition) is 3. The molecular formula is C26H25ClN2O5. The first-order valence-corrected chi connectivity index (χ1v) is 11.0. The highest BCUT2D eigenvalue weighted by atomic mass is 35.5. The van der Waals surface area contributed by atoms with Crippen molar-refractivity contribution in [2.45, 2.75) is 26.4 Å². The van der Waals surface area contributed by atoms with Crippen LogP contribution in [0.4, 0.5) is 5.69 Å². The number of ether oxygens (including phenoxy) is 2. The molecule has 0 radical (unpaired) electrons. The number of carbonyl (C=O) groups is 1. The topological polar surface area (TPSA) is 112 Å². The lowest BCUT2D eigenvalue weighted by Gasteiger charge is -2.14. The van der Waals surface area contributed by atoms with E-state index in [2.05, 4.69) is 5.32 Å². The van der Waals surface area contributed by atoms with Gasteiger partial charge in [0.1, 0.15) is 30.0 Å². The molecule has 1 atom stereocenters. The summed E-state index contributed by atoms with van der Waals surface area (Å²) in [4.78, 5) is 12.7. The van der Waals surface area contributed by atoms with E-state index < -0.39 is 6.10 Å². The number of aliphatic hydroxyl groups excluding tert-OH is 2. The minimum Gasteiger partial charge on any atom is -0.491 e. The Labute approximate surface area is 203 Å². The molecule has 34 heavy (non-hydrogen) atoms. The van der Waals surface area contributed by atoms with E-state index in [4.69, 9.17) is 31.4 Å². The summed E-state index contributed by atoms with van der Waals surface area (Å²) in [6, 6.07) is 17.5. The van der Waals surface area contributed by atoms with Crippen molar-refractivity contribution in [2.75, 3.05) is 18.5 Å². The second-order valence-corrected chi connectivity index (χ2v) is 8.27. The van der Waals surface area contributed by atoms with Crippen LogP contribution in [-0.4, -0.2) is 35.4 Å². The van der Waals surface area contributed by atoms with Crippen molar-refractivity contribution in [1.82, 2.24) is 0 Å². The Morgan fingerprint density at radius 1 is 1.09 bits per heavy atom. The molecule has 0 unspecified atom stereocenters. The third-order valence-electron chi connectivity index (χ3n) is 4.97. The number of nitriles is 1. The fourth-order valence-electron chi connectivity index (χ4n) is 3.17. The molecule has 0 saturated heterocycles. The van der Waals surface area contributed by atoms with Crippen LogP contribution in [0.3, 0.4) is 0 Å². The van der Waals surface area contributed by atoms with Gasteiger partial charge in [-0.1, -0.05) is 23.7 Å². The maximum atomic E-state index is 12.7. The number of benzene rings is 3. The normalized spacial score (nSPS) is 11.4. The molecule has 3 aromatic carbocycles. The second kappa shape index (κ2) is 11.5. The summed E-state index contributed by atoms with van der Waals surface area (Å²) < 4.78 is 11.4. The van der Waals surface area contributed by atoms with E-state index in [1.807, 2.05) is 32.0 Å². The quantitative estimate of drug-likeness (QED) is 0.414. The first-order valence-electron chi connectivity index (χ1n) is 10.6. The SMILES string of the molecule is Cc1cc(OC[C@H](O)CO)ccc1NC(=O)Cc1ccc(C)c(Oc2cc(Cl)cc(C#N)c2)c1.